The van der Waals surface area contributed by atoms with Crippen LogP contribution in [0.2, 0.25) is 0 Å². The third-order valence-electron chi connectivity index (χ3n) is 2.52. The summed E-state index contributed by atoms with van der Waals surface area (Å²) in [6, 6.07) is 6.98. The van der Waals surface area contributed by atoms with E-state index in [-0.39, 0.29) is 11.9 Å². The predicted molar refractivity (Wildman–Crippen MR) is 75.8 cm³/mol. The molecule has 0 radical (unpaired) electrons. The molecule has 0 aliphatic heterocycles. The van der Waals surface area contributed by atoms with Crippen LogP contribution in [0.3, 0.4) is 0 Å². The second-order valence-electron chi connectivity index (χ2n) is 4.93. The first-order chi connectivity index (χ1) is 9.54. The first kappa shape index (κ1) is 14.0. The van der Waals surface area contributed by atoms with Gasteiger partial charge in [0, 0.05) is 5.56 Å². The lowest BCUT2D eigenvalue weighted by atomic mass is 10.2. The number of H-pyrrole nitrogens is 1. The average Bonchev–Trinajstić information content (AvgIpc) is 2.82. The third kappa shape index (κ3) is 3.81. The van der Waals surface area contributed by atoms with Crippen molar-refractivity contribution in [1.29, 1.82) is 0 Å². The maximum absolute atomic E-state index is 12.0. The zero-order chi connectivity index (χ0) is 14.5. The molecule has 1 heterocycles. The summed E-state index contributed by atoms with van der Waals surface area (Å²) in [5, 5.41) is 9.14. The van der Waals surface area contributed by atoms with E-state index in [2.05, 4.69) is 34.3 Å². The molecule has 0 spiro atoms. The Bertz CT molecular complexity index is 575. The summed E-state index contributed by atoms with van der Waals surface area (Å²) >= 11 is 0. The van der Waals surface area contributed by atoms with Gasteiger partial charge < -0.3 is 4.74 Å². The minimum absolute atomic E-state index is 0.251. The average molecular weight is 274 g/mol. The number of nitrogens with zero attached hydrogens (tertiary/aromatic N) is 2. The molecular formula is C14H18N4O2. The number of aromatic nitrogens is 3. The SMILES string of the molecule is Cc1nc(NC(=O)c2ccc(OCC(C)C)cc2)n[nH]1. The topological polar surface area (TPSA) is 79.9 Å². The normalized spacial score (nSPS) is 10.6. The summed E-state index contributed by atoms with van der Waals surface area (Å²) in [6.07, 6.45) is 0. The Morgan fingerprint density at radius 3 is 2.60 bits per heavy atom. The summed E-state index contributed by atoms with van der Waals surface area (Å²) in [5.41, 5.74) is 0.532. The predicted octanol–water partition coefficient (Wildman–Crippen LogP) is 2.40. The van der Waals surface area contributed by atoms with Crippen molar-refractivity contribution in [1.82, 2.24) is 15.2 Å². The number of rotatable bonds is 5. The van der Waals surface area contributed by atoms with Crippen molar-refractivity contribution in [3.05, 3.63) is 35.7 Å². The number of nitrogens with one attached hydrogen (secondary N) is 2. The Hall–Kier alpha value is -2.37. The van der Waals surface area contributed by atoms with Gasteiger partial charge in [0.25, 0.3) is 5.91 Å². The number of amides is 1. The van der Waals surface area contributed by atoms with Gasteiger partial charge in [0.15, 0.2) is 0 Å². The highest BCUT2D eigenvalue weighted by atomic mass is 16.5. The van der Waals surface area contributed by atoms with E-state index in [0.717, 1.165) is 5.75 Å². The molecule has 6 nitrogen and oxygen atoms in total. The van der Waals surface area contributed by atoms with Crippen molar-refractivity contribution in [2.75, 3.05) is 11.9 Å². The van der Waals surface area contributed by atoms with E-state index in [4.69, 9.17) is 4.74 Å². The molecule has 0 aliphatic carbocycles. The molecule has 2 N–H and O–H groups in total. The fourth-order valence-corrected chi connectivity index (χ4v) is 1.54. The molecule has 1 aromatic carbocycles. The zero-order valence-electron chi connectivity index (χ0n) is 11.8. The van der Waals surface area contributed by atoms with Crippen LogP contribution >= 0.6 is 0 Å². The molecule has 0 fully saturated rings. The smallest absolute Gasteiger partial charge is 0.258 e. The van der Waals surface area contributed by atoms with Crippen LogP contribution in [0.5, 0.6) is 5.75 Å². The van der Waals surface area contributed by atoms with Crippen LogP contribution in [0, 0.1) is 12.8 Å². The summed E-state index contributed by atoms with van der Waals surface area (Å²) in [5.74, 6) is 1.89. The molecule has 20 heavy (non-hydrogen) atoms. The van der Waals surface area contributed by atoms with E-state index in [1.54, 1.807) is 31.2 Å². The van der Waals surface area contributed by atoms with E-state index in [1.807, 2.05) is 0 Å². The molecule has 1 aromatic heterocycles. The van der Waals surface area contributed by atoms with E-state index >= 15 is 0 Å². The van der Waals surface area contributed by atoms with Crippen LogP contribution in [-0.2, 0) is 0 Å². The molecule has 0 unspecified atom stereocenters. The van der Waals surface area contributed by atoms with Gasteiger partial charge in [-0.25, -0.2) is 0 Å². The van der Waals surface area contributed by atoms with Crippen LogP contribution in [0.1, 0.15) is 30.0 Å². The first-order valence-electron chi connectivity index (χ1n) is 6.48. The lowest BCUT2D eigenvalue weighted by Gasteiger charge is -2.08. The molecule has 2 aromatic rings. The van der Waals surface area contributed by atoms with Crippen molar-refractivity contribution >= 4 is 11.9 Å². The standard InChI is InChI=1S/C14H18N4O2/c1-9(2)8-20-12-6-4-11(5-7-12)13(19)16-14-15-10(3)17-18-14/h4-7,9H,8H2,1-3H3,(H2,15,16,17,18,19). The van der Waals surface area contributed by atoms with Crippen molar-refractivity contribution < 1.29 is 9.53 Å². The zero-order valence-corrected chi connectivity index (χ0v) is 11.8. The summed E-state index contributed by atoms with van der Waals surface area (Å²) in [6.45, 7) is 6.59. The monoisotopic (exact) mass is 274 g/mol. The van der Waals surface area contributed by atoms with Gasteiger partial charge in [0.05, 0.1) is 6.61 Å². The van der Waals surface area contributed by atoms with Crippen molar-refractivity contribution in [3.63, 3.8) is 0 Å². The Morgan fingerprint density at radius 1 is 1.35 bits per heavy atom. The largest absolute Gasteiger partial charge is 0.493 e. The van der Waals surface area contributed by atoms with E-state index in [0.29, 0.717) is 23.9 Å². The van der Waals surface area contributed by atoms with Gasteiger partial charge >= 0.3 is 0 Å². The number of hydrogen-bond acceptors (Lipinski definition) is 4. The Labute approximate surface area is 117 Å². The second-order valence-corrected chi connectivity index (χ2v) is 4.93. The summed E-state index contributed by atoms with van der Waals surface area (Å²) in [4.78, 5) is 16.0. The maximum atomic E-state index is 12.0. The van der Waals surface area contributed by atoms with Crippen molar-refractivity contribution in [3.8, 4) is 5.75 Å². The molecule has 0 bridgehead atoms. The number of ether oxygens (including phenoxy) is 1. The van der Waals surface area contributed by atoms with Gasteiger partial charge in [-0.1, -0.05) is 13.8 Å². The second kappa shape index (κ2) is 6.18. The first-order valence-corrected chi connectivity index (χ1v) is 6.48. The van der Waals surface area contributed by atoms with Crippen molar-refractivity contribution in [2.45, 2.75) is 20.8 Å². The van der Waals surface area contributed by atoms with Crippen LogP contribution < -0.4 is 10.1 Å². The number of hydrogen-bond donors (Lipinski definition) is 2. The molecule has 106 valence electrons. The minimum Gasteiger partial charge on any atom is -0.493 e. The van der Waals surface area contributed by atoms with Gasteiger partial charge in [-0.15, -0.1) is 5.10 Å². The number of carbonyl (C=O) groups excluding carboxylic acids is 1. The van der Waals surface area contributed by atoms with Crippen LogP contribution in [0.15, 0.2) is 24.3 Å². The van der Waals surface area contributed by atoms with E-state index in [9.17, 15) is 4.79 Å². The van der Waals surface area contributed by atoms with Gasteiger partial charge in [0.2, 0.25) is 5.95 Å². The van der Waals surface area contributed by atoms with Crippen molar-refractivity contribution in [2.24, 2.45) is 5.92 Å². The highest BCUT2D eigenvalue weighted by molar-refractivity contribution is 6.03. The molecule has 2 rings (SSSR count). The number of benzene rings is 1. The number of anilines is 1. The third-order valence-corrected chi connectivity index (χ3v) is 2.52. The highest BCUT2D eigenvalue weighted by Gasteiger charge is 2.09. The van der Waals surface area contributed by atoms with Gasteiger partial charge in [0.1, 0.15) is 11.6 Å². The molecule has 1 amide bonds. The van der Waals surface area contributed by atoms with E-state index in [1.165, 1.54) is 0 Å². The molecule has 0 saturated heterocycles. The lowest BCUT2D eigenvalue weighted by Crippen LogP contribution is -2.13. The van der Waals surface area contributed by atoms with Crippen LogP contribution in [-0.4, -0.2) is 27.7 Å². The quantitative estimate of drug-likeness (QED) is 0.877. The fourth-order valence-electron chi connectivity index (χ4n) is 1.54. The van der Waals surface area contributed by atoms with E-state index < -0.39 is 0 Å². The molecule has 0 aliphatic rings. The number of aromatic amines is 1. The minimum atomic E-state index is -0.251. The maximum Gasteiger partial charge on any atom is 0.258 e. The lowest BCUT2D eigenvalue weighted by molar-refractivity contribution is 0.102. The Balaban J connectivity index is 1.96. The number of carbonyl (C=O) groups is 1. The van der Waals surface area contributed by atoms with Crippen LogP contribution in [0.25, 0.3) is 0 Å². The molecule has 0 atom stereocenters. The van der Waals surface area contributed by atoms with Crippen LogP contribution in [0.4, 0.5) is 5.95 Å². The van der Waals surface area contributed by atoms with Gasteiger partial charge in [-0.05, 0) is 37.1 Å². The van der Waals surface area contributed by atoms with Gasteiger partial charge in [-0.2, -0.15) is 4.98 Å². The molecule has 0 saturated carbocycles. The summed E-state index contributed by atoms with van der Waals surface area (Å²) < 4.78 is 5.56. The van der Waals surface area contributed by atoms with Gasteiger partial charge in [-0.3, -0.25) is 15.2 Å². The molecular weight excluding hydrogens is 256 g/mol. The Kier molecular flexibility index (Phi) is 4.34. The fraction of sp³-hybridized carbons (Fsp3) is 0.357. The molecule has 6 heteroatoms. The Morgan fingerprint density at radius 2 is 2.05 bits per heavy atom. The number of aryl methyl sites for hydroxylation is 1. The highest BCUT2D eigenvalue weighted by Crippen LogP contribution is 2.14. The summed E-state index contributed by atoms with van der Waals surface area (Å²) in [7, 11) is 0.